The van der Waals surface area contributed by atoms with E-state index in [0.29, 0.717) is 17.8 Å². The average molecular weight is 199 g/mol. The Morgan fingerprint density at radius 1 is 1.43 bits per heavy atom. The molecule has 0 unspecified atom stereocenters. The lowest BCUT2D eigenvalue weighted by Crippen LogP contribution is -2.37. The van der Waals surface area contributed by atoms with E-state index in [1.165, 1.54) is 6.42 Å². The normalized spacial score (nSPS) is 33.0. The maximum atomic E-state index is 10.7. The minimum Gasteiger partial charge on any atom is -0.446 e. The standard InChI is InChI=1S/C11H21NO2/c1-7(2)9-5-4-8(3)6-10(9)14-11(12)13/h7-10H,4-6H2,1-3H3,(H2,12,13)/t8-,9+,10+/m1/s1. The number of primary amides is 1. The summed E-state index contributed by atoms with van der Waals surface area (Å²) in [7, 11) is 0. The largest absolute Gasteiger partial charge is 0.446 e. The van der Waals surface area contributed by atoms with E-state index in [1.54, 1.807) is 0 Å². The molecule has 0 heterocycles. The summed E-state index contributed by atoms with van der Waals surface area (Å²) in [6, 6.07) is 0. The number of amides is 1. The third-order valence-electron chi connectivity index (χ3n) is 3.23. The van der Waals surface area contributed by atoms with Crippen LogP contribution in [0.4, 0.5) is 4.79 Å². The van der Waals surface area contributed by atoms with E-state index in [0.717, 1.165) is 12.8 Å². The first-order valence-electron chi connectivity index (χ1n) is 5.46. The van der Waals surface area contributed by atoms with Gasteiger partial charge in [0, 0.05) is 0 Å². The molecule has 0 radical (unpaired) electrons. The Morgan fingerprint density at radius 2 is 2.07 bits per heavy atom. The number of carbonyl (C=O) groups excluding carboxylic acids is 1. The highest BCUT2D eigenvalue weighted by molar-refractivity contribution is 5.64. The van der Waals surface area contributed by atoms with Crippen molar-refractivity contribution in [1.29, 1.82) is 0 Å². The lowest BCUT2D eigenvalue weighted by atomic mass is 9.75. The van der Waals surface area contributed by atoms with E-state index in [2.05, 4.69) is 20.8 Å². The van der Waals surface area contributed by atoms with Gasteiger partial charge >= 0.3 is 6.09 Å². The summed E-state index contributed by atoms with van der Waals surface area (Å²) >= 11 is 0. The van der Waals surface area contributed by atoms with Crippen molar-refractivity contribution >= 4 is 6.09 Å². The van der Waals surface area contributed by atoms with Gasteiger partial charge in [0.25, 0.3) is 0 Å². The molecule has 82 valence electrons. The monoisotopic (exact) mass is 199 g/mol. The highest BCUT2D eigenvalue weighted by Crippen LogP contribution is 2.35. The zero-order valence-electron chi connectivity index (χ0n) is 9.32. The van der Waals surface area contributed by atoms with Gasteiger partial charge < -0.3 is 10.5 Å². The summed E-state index contributed by atoms with van der Waals surface area (Å²) in [5, 5.41) is 0. The number of carbonyl (C=O) groups is 1. The third-order valence-corrected chi connectivity index (χ3v) is 3.23. The summed E-state index contributed by atoms with van der Waals surface area (Å²) in [5.74, 6) is 1.69. The van der Waals surface area contributed by atoms with E-state index in [-0.39, 0.29) is 6.10 Å². The molecule has 0 aromatic rings. The van der Waals surface area contributed by atoms with Crippen LogP contribution in [0.3, 0.4) is 0 Å². The van der Waals surface area contributed by atoms with E-state index < -0.39 is 6.09 Å². The van der Waals surface area contributed by atoms with Crippen molar-refractivity contribution in [2.75, 3.05) is 0 Å². The molecule has 1 aliphatic carbocycles. The fraction of sp³-hybridized carbons (Fsp3) is 0.909. The van der Waals surface area contributed by atoms with Gasteiger partial charge in [-0.05, 0) is 30.6 Å². The Balaban J connectivity index is 2.58. The molecule has 3 atom stereocenters. The third kappa shape index (κ3) is 2.89. The molecular weight excluding hydrogens is 178 g/mol. The van der Waals surface area contributed by atoms with Crippen LogP contribution in [0.25, 0.3) is 0 Å². The van der Waals surface area contributed by atoms with Crippen molar-refractivity contribution in [3.05, 3.63) is 0 Å². The second-order valence-corrected chi connectivity index (χ2v) is 4.80. The van der Waals surface area contributed by atoms with Gasteiger partial charge in [-0.1, -0.05) is 27.2 Å². The molecule has 0 bridgehead atoms. The molecule has 2 N–H and O–H groups in total. The summed E-state index contributed by atoms with van der Waals surface area (Å²) in [4.78, 5) is 10.7. The second kappa shape index (κ2) is 4.67. The first kappa shape index (κ1) is 11.3. The molecule has 1 saturated carbocycles. The molecule has 1 fully saturated rings. The van der Waals surface area contributed by atoms with Gasteiger partial charge in [0.1, 0.15) is 6.10 Å². The maximum absolute atomic E-state index is 10.7. The van der Waals surface area contributed by atoms with Gasteiger partial charge in [-0.25, -0.2) is 4.79 Å². The van der Waals surface area contributed by atoms with Gasteiger partial charge in [-0.2, -0.15) is 0 Å². The molecule has 0 saturated heterocycles. The second-order valence-electron chi connectivity index (χ2n) is 4.80. The van der Waals surface area contributed by atoms with Crippen molar-refractivity contribution in [1.82, 2.24) is 0 Å². The number of rotatable bonds is 2. The van der Waals surface area contributed by atoms with Crippen LogP contribution < -0.4 is 5.73 Å². The first-order valence-corrected chi connectivity index (χ1v) is 5.46. The minimum absolute atomic E-state index is 0.0382. The topological polar surface area (TPSA) is 52.3 Å². The fourth-order valence-electron chi connectivity index (χ4n) is 2.40. The van der Waals surface area contributed by atoms with Gasteiger partial charge in [0.2, 0.25) is 0 Å². The predicted octanol–water partition coefficient (Wildman–Crippen LogP) is 2.54. The van der Waals surface area contributed by atoms with Crippen molar-refractivity contribution in [2.24, 2.45) is 23.5 Å². The maximum Gasteiger partial charge on any atom is 0.404 e. The molecule has 1 aliphatic rings. The first-order chi connectivity index (χ1) is 6.50. The van der Waals surface area contributed by atoms with E-state index in [1.807, 2.05) is 0 Å². The van der Waals surface area contributed by atoms with Crippen LogP contribution in [0.1, 0.15) is 40.0 Å². The van der Waals surface area contributed by atoms with Crippen molar-refractivity contribution in [2.45, 2.75) is 46.1 Å². The van der Waals surface area contributed by atoms with E-state index in [9.17, 15) is 4.79 Å². The van der Waals surface area contributed by atoms with Crippen molar-refractivity contribution in [3.8, 4) is 0 Å². The highest BCUT2D eigenvalue weighted by atomic mass is 16.6. The summed E-state index contributed by atoms with van der Waals surface area (Å²) < 4.78 is 5.17. The minimum atomic E-state index is -0.630. The van der Waals surface area contributed by atoms with Gasteiger partial charge in [-0.15, -0.1) is 0 Å². The van der Waals surface area contributed by atoms with Crippen LogP contribution in [0.15, 0.2) is 0 Å². The summed E-state index contributed by atoms with van der Waals surface area (Å²) in [5.41, 5.74) is 5.07. The van der Waals surface area contributed by atoms with Crippen LogP contribution in [0.5, 0.6) is 0 Å². The van der Waals surface area contributed by atoms with E-state index >= 15 is 0 Å². The molecule has 0 aliphatic heterocycles. The number of ether oxygens (including phenoxy) is 1. The number of hydrogen-bond acceptors (Lipinski definition) is 2. The van der Waals surface area contributed by atoms with Crippen LogP contribution in [0.2, 0.25) is 0 Å². The Morgan fingerprint density at radius 3 is 2.57 bits per heavy atom. The molecule has 0 aromatic heterocycles. The lowest BCUT2D eigenvalue weighted by Gasteiger charge is -2.36. The van der Waals surface area contributed by atoms with Crippen molar-refractivity contribution < 1.29 is 9.53 Å². The Bertz CT molecular complexity index is 203. The van der Waals surface area contributed by atoms with Crippen LogP contribution in [0, 0.1) is 17.8 Å². The predicted molar refractivity (Wildman–Crippen MR) is 55.8 cm³/mol. The van der Waals surface area contributed by atoms with Gasteiger partial charge in [0.15, 0.2) is 0 Å². The number of hydrogen-bond donors (Lipinski definition) is 1. The summed E-state index contributed by atoms with van der Waals surface area (Å²) in [6.07, 6.45) is 2.76. The van der Waals surface area contributed by atoms with Crippen LogP contribution in [-0.4, -0.2) is 12.2 Å². The Labute approximate surface area is 86.0 Å². The molecule has 0 spiro atoms. The fourth-order valence-corrected chi connectivity index (χ4v) is 2.40. The summed E-state index contributed by atoms with van der Waals surface area (Å²) in [6.45, 7) is 6.56. The average Bonchev–Trinajstić information content (AvgIpc) is 2.01. The molecule has 3 heteroatoms. The molecule has 14 heavy (non-hydrogen) atoms. The van der Waals surface area contributed by atoms with E-state index in [4.69, 9.17) is 10.5 Å². The van der Waals surface area contributed by atoms with Gasteiger partial charge in [0.05, 0.1) is 0 Å². The highest BCUT2D eigenvalue weighted by Gasteiger charge is 2.32. The Hall–Kier alpha value is -0.730. The number of nitrogens with two attached hydrogens (primary N) is 1. The van der Waals surface area contributed by atoms with Crippen LogP contribution in [-0.2, 0) is 4.74 Å². The molecule has 1 rings (SSSR count). The zero-order valence-corrected chi connectivity index (χ0v) is 9.32. The zero-order chi connectivity index (χ0) is 10.7. The van der Waals surface area contributed by atoms with Crippen molar-refractivity contribution in [3.63, 3.8) is 0 Å². The van der Waals surface area contributed by atoms with Crippen LogP contribution >= 0.6 is 0 Å². The smallest absolute Gasteiger partial charge is 0.404 e. The molecule has 0 aromatic carbocycles. The lowest BCUT2D eigenvalue weighted by molar-refractivity contribution is 0.0105. The molecule has 1 amide bonds. The molecule has 3 nitrogen and oxygen atoms in total. The quantitative estimate of drug-likeness (QED) is 0.743. The Kier molecular flexibility index (Phi) is 3.78. The molecular formula is C11H21NO2. The SMILES string of the molecule is CC(C)[C@@H]1CC[C@@H](C)C[C@@H]1OC(N)=O. The van der Waals surface area contributed by atoms with Gasteiger partial charge in [-0.3, -0.25) is 0 Å².